The first-order chi connectivity index (χ1) is 23.1. The van der Waals surface area contributed by atoms with Gasteiger partial charge in [0.05, 0.1) is 11.8 Å². The number of hydrogen-bond acceptors (Lipinski definition) is 10. The molecule has 0 unspecified atom stereocenters. The summed E-state index contributed by atoms with van der Waals surface area (Å²) in [7, 11) is 0. The van der Waals surface area contributed by atoms with Crippen LogP contribution in [0.5, 0.6) is 11.6 Å². The highest BCUT2D eigenvalue weighted by atomic mass is 19.1. The van der Waals surface area contributed by atoms with Gasteiger partial charge in [-0.05, 0) is 115 Å². The summed E-state index contributed by atoms with van der Waals surface area (Å²) in [6.07, 6.45) is 11.8. The van der Waals surface area contributed by atoms with E-state index in [-0.39, 0.29) is 52.9 Å². The van der Waals surface area contributed by atoms with Crippen LogP contribution in [0.3, 0.4) is 0 Å². The van der Waals surface area contributed by atoms with E-state index in [1.165, 1.54) is 50.0 Å². The molecule has 258 valence electrons. The predicted molar refractivity (Wildman–Crippen MR) is 177 cm³/mol. The molecule has 1 N–H and O–H groups in total. The molecule has 1 spiro atoms. The number of aromatic nitrogens is 4. The van der Waals surface area contributed by atoms with E-state index in [2.05, 4.69) is 35.3 Å². The quantitative estimate of drug-likeness (QED) is 0.304. The lowest BCUT2D eigenvalue weighted by atomic mass is 9.67. The molecule has 0 radical (unpaired) electrons. The fourth-order valence-corrected chi connectivity index (χ4v) is 7.82. The lowest BCUT2D eigenvalue weighted by molar-refractivity contribution is 0.0507. The fourth-order valence-electron chi connectivity index (χ4n) is 7.82. The van der Waals surface area contributed by atoms with Crippen LogP contribution >= 0.6 is 0 Å². The number of rotatable bonds is 10. The lowest BCUT2D eigenvalue weighted by Crippen LogP contribution is -2.46. The van der Waals surface area contributed by atoms with Crippen LogP contribution < -0.4 is 15.0 Å². The fraction of sp³-hybridized carbons (Fsp3) is 0.600. The van der Waals surface area contributed by atoms with Gasteiger partial charge in [-0.15, -0.1) is 10.2 Å². The molecule has 1 aromatic carbocycles. The van der Waals surface area contributed by atoms with Crippen LogP contribution in [0.1, 0.15) is 93.6 Å². The number of anilines is 1. The number of carbonyl (C=O) groups excluding carboxylic acids is 2. The van der Waals surface area contributed by atoms with Gasteiger partial charge in [0.25, 0.3) is 17.7 Å². The van der Waals surface area contributed by atoms with Crippen LogP contribution in [-0.2, 0) is 0 Å². The van der Waals surface area contributed by atoms with Gasteiger partial charge in [0.15, 0.2) is 12.2 Å². The Morgan fingerprint density at radius 3 is 2.52 bits per heavy atom. The molecule has 1 atom stereocenters. The molecule has 2 aliphatic heterocycles. The van der Waals surface area contributed by atoms with Crippen molar-refractivity contribution in [2.45, 2.75) is 90.8 Å². The molecule has 6 rings (SSSR count). The Morgan fingerprint density at radius 2 is 1.83 bits per heavy atom. The van der Waals surface area contributed by atoms with Gasteiger partial charge in [-0.3, -0.25) is 9.59 Å². The molecule has 13 heteroatoms. The highest BCUT2D eigenvalue weighted by Crippen LogP contribution is 2.45. The molecule has 3 aromatic rings. The van der Waals surface area contributed by atoms with Crippen molar-refractivity contribution < 1.29 is 23.1 Å². The standard InChI is InChI=1S/C35H47FN8O4/c1-23(2)44(24(3)4)34(46)28-17-26(36)5-6-29(28)48-33-31(38-21-39-41-33)43-14-9-25(20-43)19-42-15-12-35(13-16-42)10-7-27(8-11-35)40-32(45)30-18-37-22-47-30/h5-6,17-18,21-25,27H,7-16,19-20H2,1-4H3,(H,40,45)/t25-/m0/s1. The van der Waals surface area contributed by atoms with E-state index in [0.29, 0.717) is 17.2 Å². The van der Waals surface area contributed by atoms with Crippen LogP contribution in [0.4, 0.5) is 10.2 Å². The normalized spacial score (nSPS) is 20.1. The number of nitrogens with one attached hydrogen (secondary N) is 1. The Labute approximate surface area is 281 Å². The largest absolute Gasteiger partial charge is 0.438 e. The summed E-state index contributed by atoms with van der Waals surface area (Å²) in [5, 5.41) is 11.3. The molecule has 1 aliphatic carbocycles. The molecular formula is C35H47FN8O4. The Bertz CT molecular complexity index is 1540. The summed E-state index contributed by atoms with van der Waals surface area (Å²) in [4.78, 5) is 40.8. The van der Waals surface area contributed by atoms with Crippen molar-refractivity contribution in [1.82, 2.24) is 35.3 Å². The van der Waals surface area contributed by atoms with Crippen molar-refractivity contribution in [2.75, 3.05) is 37.6 Å². The average molecular weight is 663 g/mol. The number of hydrogen-bond donors (Lipinski definition) is 1. The predicted octanol–water partition coefficient (Wildman–Crippen LogP) is 5.33. The van der Waals surface area contributed by atoms with Crippen molar-refractivity contribution in [1.29, 1.82) is 0 Å². The van der Waals surface area contributed by atoms with Crippen molar-refractivity contribution in [3.63, 3.8) is 0 Å². The molecule has 48 heavy (non-hydrogen) atoms. The minimum atomic E-state index is -0.512. The van der Waals surface area contributed by atoms with Gasteiger partial charge in [-0.2, -0.15) is 0 Å². The van der Waals surface area contributed by atoms with Crippen LogP contribution in [0, 0.1) is 17.2 Å². The first-order valence-corrected chi connectivity index (χ1v) is 17.3. The van der Waals surface area contributed by atoms with E-state index in [1.807, 2.05) is 27.7 Å². The smallest absolute Gasteiger partial charge is 0.288 e. The monoisotopic (exact) mass is 662 g/mol. The molecule has 12 nitrogen and oxygen atoms in total. The van der Waals surface area contributed by atoms with Crippen LogP contribution in [0.15, 0.2) is 41.5 Å². The van der Waals surface area contributed by atoms with E-state index < -0.39 is 5.82 Å². The van der Waals surface area contributed by atoms with Gasteiger partial charge in [-0.1, -0.05) is 0 Å². The van der Waals surface area contributed by atoms with E-state index in [9.17, 15) is 14.0 Å². The zero-order valence-corrected chi connectivity index (χ0v) is 28.4. The van der Waals surface area contributed by atoms with Gasteiger partial charge in [-0.25, -0.2) is 14.4 Å². The number of carbonyl (C=O) groups is 2. The number of nitrogens with zero attached hydrogens (tertiary/aromatic N) is 7. The minimum Gasteiger partial charge on any atom is -0.438 e. The van der Waals surface area contributed by atoms with E-state index in [1.54, 1.807) is 4.90 Å². The van der Waals surface area contributed by atoms with E-state index in [0.717, 1.165) is 64.8 Å². The summed E-state index contributed by atoms with van der Waals surface area (Å²) >= 11 is 0. The number of ether oxygens (including phenoxy) is 1. The maximum Gasteiger partial charge on any atom is 0.288 e. The molecule has 4 heterocycles. The van der Waals surface area contributed by atoms with Crippen LogP contribution in [0.2, 0.25) is 0 Å². The van der Waals surface area contributed by atoms with Crippen molar-refractivity contribution in [3.05, 3.63) is 54.3 Å². The van der Waals surface area contributed by atoms with Crippen molar-refractivity contribution in [3.8, 4) is 11.6 Å². The maximum absolute atomic E-state index is 14.4. The minimum absolute atomic E-state index is 0.0741. The topological polar surface area (TPSA) is 130 Å². The highest BCUT2D eigenvalue weighted by Gasteiger charge is 2.39. The number of piperidine rings is 1. The summed E-state index contributed by atoms with van der Waals surface area (Å²) in [6, 6.07) is 4.01. The number of amides is 2. The van der Waals surface area contributed by atoms with Crippen molar-refractivity contribution >= 4 is 17.6 Å². The first kappa shape index (κ1) is 33.8. The molecule has 3 aliphatic rings. The van der Waals surface area contributed by atoms with Gasteiger partial charge in [0.2, 0.25) is 5.76 Å². The van der Waals surface area contributed by atoms with Crippen LogP contribution in [-0.4, -0.2) is 92.6 Å². The third kappa shape index (κ3) is 7.61. The van der Waals surface area contributed by atoms with Crippen molar-refractivity contribution in [2.24, 2.45) is 11.3 Å². The Balaban J connectivity index is 1.03. The second-order valence-electron chi connectivity index (χ2n) is 14.2. The lowest BCUT2D eigenvalue weighted by Gasteiger charge is -2.46. The SMILES string of the molecule is CC(C)N(C(=O)c1cc(F)ccc1Oc1nncnc1N1CC[C@@H](CN2CCC3(CCC(NC(=O)c4cnco4)CC3)CC2)C1)C(C)C. The van der Waals surface area contributed by atoms with Crippen LogP contribution in [0.25, 0.3) is 0 Å². The Kier molecular flexibility index (Phi) is 10.2. The van der Waals surface area contributed by atoms with Gasteiger partial charge >= 0.3 is 0 Å². The summed E-state index contributed by atoms with van der Waals surface area (Å²) < 4.78 is 25.7. The molecule has 2 amide bonds. The Hall–Kier alpha value is -4.13. The van der Waals surface area contributed by atoms with Gasteiger partial charge < -0.3 is 29.2 Å². The van der Waals surface area contributed by atoms with E-state index in [4.69, 9.17) is 9.15 Å². The number of benzene rings is 1. The first-order valence-electron chi connectivity index (χ1n) is 17.3. The summed E-state index contributed by atoms with van der Waals surface area (Å²) in [6.45, 7) is 12.6. The zero-order chi connectivity index (χ0) is 33.8. The average Bonchev–Trinajstić information content (AvgIpc) is 3.78. The number of oxazole rings is 1. The summed E-state index contributed by atoms with van der Waals surface area (Å²) in [5.74, 6) is 0.736. The highest BCUT2D eigenvalue weighted by molar-refractivity contribution is 5.97. The summed E-state index contributed by atoms with van der Waals surface area (Å²) in [5.41, 5.74) is 0.507. The third-order valence-corrected chi connectivity index (χ3v) is 10.4. The second-order valence-corrected chi connectivity index (χ2v) is 14.2. The zero-order valence-electron chi connectivity index (χ0n) is 28.4. The number of likely N-dealkylation sites (tertiary alicyclic amines) is 1. The molecule has 2 saturated heterocycles. The molecule has 2 aromatic heterocycles. The molecule has 3 fully saturated rings. The second kappa shape index (κ2) is 14.6. The molecule has 0 bridgehead atoms. The number of halogens is 1. The Morgan fingerprint density at radius 1 is 1.08 bits per heavy atom. The third-order valence-electron chi connectivity index (χ3n) is 10.4. The maximum atomic E-state index is 14.4. The molecule has 1 saturated carbocycles. The van der Waals surface area contributed by atoms with E-state index >= 15 is 0 Å². The van der Waals surface area contributed by atoms with Gasteiger partial charge in [0, 0.05) is 37.8 Å². The van der Waals surface area contributed by atoms with Gasteiger partial charge in [0.1, 0.15) is 17.9 Å². The molecular weight excluding hydrogens is 615 g/mol.